The van der Waals surface area contributed by atoms with Crippen LogP contribution >= 0.6 is 23.4 Å². The standard InChI is InChI=1S/C50H93ClN2O7S/c1-7-10-12-14-16-18-20-22-24-26-28-30-32-35-58-48(56)42-45(54)43(49(57)59-36-33-31-29-27-25-23-21-19-17-15-13-11-8-2)50(61-6)60-46(42)44(39(4)51)52-47(55)41-37-40(34-9-3)38-53(41)5/h39-46,50,54H,7-38H2,1-6H3,(H,52,55)/t39-,40+,41-,42+,43-,44+,45-,46-,50+/m0/s1. The van der Waals surface area contributed by atoms with Gasteiger partial charge in [0, 0.05) is 6.54 Å². The van der Waals surface area contributed by atoms with Crippen LogP contribution in [-0.2, 0) is 28.6 Å². The molecular formula is C50H93ClN2O7S. The van der Waals surface area contributed by atoms with Crippen LogP contribution in [0.1, 0.15) is 214 Å². The molecule has 9 atom stereocenters. The number of likely N-dealkylation sites (tertiary alicyclic amines) is 1. The van der Waals surface area contributed by atoms with Crippen molar-refractivity contribution in [2.75, 3.05) is 33.1 Å². The Labute approximate surface area is 383 Å². The number of amides is 1. The van der Waals surface area contributed by atoms with Gasteiger partial charge in [-0.25, -0.2) is 0 Å². The number of likely N-dealkylation sites (N-methyl/N-ethyl adjacent to an activating group) is 1. The van der Waals surface area contributed by atoms with E-state index in [0.29, 0.717) is 12.3 Å². The predicted octanol–water partition coefficient (Wildman–Crippen LogP) is 12.2. The van der Waals surface area contributed by atoms with E-state index in [4.69, 9.17) is 25.8 Å². The first-order valence-corrected chi connectivity index (χ1v) is 27.2. The van der Waals surface area contributed by atoms with Gasteiger partial charge in [0.25, 0.3) is 0 Å². The Morgan fingerprint density at radius 3 is 1.49 bits per heavy atom. The molecular weight excluding hydrogens is 808 g/mol. The first kappa shape index (κ1) is 56.1. The maximum absolute atomic E-state index is 14.0. The third kappa shape index (κ3) is 22.6. The van der Waals surface area contributed by atoms with Gasteiger partial charge >= 0.3 is 11.9 Å². The van der Waals surface area contributed by atoms with Gasteiger partial charge in [-0.3, -0.25) is 19.3 Å². The number of nitrogens with one attached hydrogen (secondary N) is 1. The molecule has 2 fully saturated rings. The minimum absolute atomic E-state index is 0.171. The van der Waals surface area contributed by atoms with Crippen molar-refractivity contribution in [1.82, 2.24) is 10.2 Å². The lowest BCUT2D eigenvalue weighted by Crippen LogP contribution is -2.64. The average Bonchev–Trinajstić information content (AvgIpc) is 3.61. The summed E-state index contributed by atoms with van der Waals surface area (Å²) in [6.07, 6.45) is 33.9. The molecule has 0 radical (unpaired) electrons. The van der Waals surface area contributed by atoms with Gasteiger partial charge in [-0.15, -0.1) is 23.4 Å². The second kappa shape index (κ2) is 35.2. The number of esters is 2. The number of thioether (sulfide) groups is 1. The molecule has 1 amide bonds. The van der Waals surface area contributed by atoms with E-state index in [1.54, 1.807) is 6.92 Å². The molecule has 2 aliphatic rings. The fraction of sp³-hybridized carbons (Fsp3) is 0.940. The van der Waals surface area contributed by atoms with Crippen LogP contribution in [0.15, 0.2) is 0 Å². The summed E-state index contributed by atoms with van der Waals surface area (Å²) in [7, 11) is 1.97. The maximum atomic E-state index is 14.0. The SMILES string of the molecule is CCCCCCCCCCCCCCCOC(=O)[C@@H]1[C@H](O)[C@@H](C(=O)OCCCCCCCCCCCCCCC)[C@@H](SC)O[C@@H]1[C@H](NC(=O)[C@@H]1C[C@@H](CCC)CN1C)[C@H](C)Cl. The van der Waals surface area contributed by atoms with E-state index in [0.717, 1.165) is 57.9 Å². The van der Waals surface area contributed by atoms with E-state index < -0.39 is 52.8 Å². The minimum atomic E-state index is -1.44. The molecule has 2 N–H and O–H groups in total. The van der Waals surface area contributed by atoms with Crippen molar-refractivity contribution in [2.45, 2.75) is 249 Å². The molecule has 2 aliphatic heterocycles. The van der Waals surface area contributed by atoms with Crippen LogP contribution in [0.2, 0.25) is 0 Å². The lowest BCUT2D eigenvalue weighted by molar-refractivity contribution is -0.197. The lowest BCUT2D eigenvalue weighted by Gasteiger charge is -2.45. The van der Waals surface area contributed by atoms with Crippen molar-refractivity contribution >= 4 is 41.2 Å². The zero-order valence-corrected chi connectivity index (χ0v) is 41.5. The van der Waals surface area contributed by atoms with Crippen molar-refractivity contribution in [3.63, 3.8) is 0 Å². The Kier molecular flexibility index (Phi) is 32.4. The second-order valence-electron chi connectivity index (χ2n) is 18.6. The van der Waals surface area contributed by atoms with Gasteiger partial charge in [-0.05, 0) is 51.8 Å². The number of rotatable bonds is 37. The van der Waals surface area contributed by atoms with E-state index in [-0.39, 0.29) is 25.2 Å². The van der Waals surface area contributed by atoms with Crippen LogP contribution in [0.25, 0.3) is 0 Å². The number of nitrogens with zero attached hydrogens (tertiary/aromatic N) is 1. The molecule has 0 bridgehead atoms. The maximum Gasteiger partial charge on any atom is 0.315 e. The summed E-state index contributed by atoms with van der Waals surface area (Å²) in [4.78, 5) is 43.7. The average molecular weight is 902 g/mol. The van der Waals surface area contributed by atoms with Crippen LogP contribution in [-0.4, -0.2) is 96.0 Å². The zero-order chi connectivity index (χ0) is 44.7. The molecule has 0 spiro atoms. The molecule has 0 unspecified atom stereocenters. The number of hydrogen-bond donors (Lipinski definition) is 2. The molecule has 0 aromatic rings. The van der Waals surface area contributed by atoms with Crippen LogP contribution in [0, 0.1) is 17.8 Å². The van der Waals surface area contributed by atoms with Crippen molar-refractivity contribution in [3.05, 3.63) is 0 Å². The molecule has 0 aromatic heterocycles. The van der Waals surface area contributed by atoms with Gasteiger partial charge in [-0.2, -0.15) is 0 Å². The number of carbonyl (C=O) groups excluding carboxylic acids is 3. The van der Waals surface area contributed by atoms with Gasteiger partial charge < -0.3 is 24.6 Å². The first-order valence-electron chi connectivity index (χ1n) is 25.4. The quantitative estimate of drug-likeness (QED) is 0.0357. The van der Waals surface area contributed by atoms with Gasteiger partial charge in [0.1, 0.15) is 17.3 Å². The summed E-state index contributed by atoms with van der Waals surface area (Å²) in [5, 5.41) is 14.5. The predicted molar refractivity (Wildman–Crippen MR) is 255 cm³/mol. The Balaban J connectivity index is 1.98. The molecule has 0 saturated carbocycles. The smallest absolute Gasteiger partial charge is 0.315 e. The molecule has 358 valence electrons. The number of aliphatic hydroxyl groups excluding tert-OH is 1. The summed E-state index contributed by atoms with van der Waals surface area (Å²) in [6, 6.07) is -1.14. The third-order valence-corrected chi connectivity index (χ3v) is 14.4. The Morgan fingerprint density at radius 2 is 1.10 bits per heavy atom. The van der Waals surface area contributed by atoms with Crippen molar-refractivity contribution in [1.29, 1.82) is 0 Å². The molecule has 0 aromatic carbocycles. The number of ether oxygens (including phenoxy) is 3. The summed E-state index contributed by atoms with van der Waals surface area (Å²) >= 11 is 8.11. The van der Waals surface area contributed by atoms with E-state index >= 15 is 0 Å². The lowest BCUT2D eigenvalue weighted by atomic mass is 9.80. The van der Waals surface area contributed by atoms with E-state index in [1.807, 2.05) is 13.3 Å². The van der Waals surface area contributed by atoms with Gasteiger partial charge in [0.05, 0.1) is 42.9 Å². The Morgan fingerprint density at radius 1 is 0.689 bits per heavy atom. The second-order valence-corrected chi connectivity index (χ2v) is 20.2. The van der Waals surface area contributed by atoms with Crippen molar-refractivity contribution in [3.8, 4) is 0 Å². The van der Waals surface area contributed by atoms with Gasteiger partial charge in [0.2, 0.25) is 5.91 Å². The van der Waals surface area contributed by atoms with Gasteiger partial charge in [0.15, 0.2) is 0 Å². The number of carbonyl (C=O) groups is 3. The van der Waals surface area contributed by atoms with Crippen LogP contribution in [0.5, 0.6) is 0 Å². The highest BCUT2D eigenvalue weighted by molar-refractivity contribution is 7.99. The minimum Gasteiger partial charge on any atom is -0.465 e. The van der Waals surface area contributed by atoms with E-state index in [1.165, 1.54) is 140 Å². The van der Waals surface area contributed by atoms with E-state index in [9.17, 15) is 19.5 Å². The summed E-state index contributed by atoms with van der Waals surface area (Å²) in [5.41, 5.74) is -0.804. The summed E-state index contributed by atoms with van der Waals surface area (Å²) < 4.78 is 18.2. The molecule has 61 heavy (non-hydrogen) atoms. The third-order valence-electron chi connectivity index (χ3n) is 13.2. The molecule has 11 heteroatoms. The number of unbranched alkanes of at least 4 members (excludes halogenated alkanes) is 24. The monoisotopic (exact) mass is 901 g/mol. The van der Waals surface area contributed by atoms with Crippen molar-refractivity contribution < 1.29 is 33.7 Å². The van der Waals surface area contributed by atoms with Crippen molar-refractivity contribution in [2.24, 2.45) is 17.8 Å². The number of hydrogen-bond acceptors (Lipinski definition) is 9. The topological polar surface area (TPSA) is 114 Å². The fourth-order valence-corrected chi connectivity index (χ4v) is 10.5. The highest BCUT2D eigenvalue weighted by atomic mass is 35.5. The molecule has 2 rings (SSSR count). The van der Waals surface area contributed by atoms with Crippen LogP contribution in [0.3, 0.4) is 0 Å². The van der Waals surface area contributed by atoms with Gasteiger partial charge in [-0.1, -0.05) is 181 Å². The van der Waals surface area contributed by atoms with Crippen LogP contribution < -0.4 is 5.32 Å². The highest BCUT2D eigenvalue weighted by Crippen LogP contribution is 2.39. The first-order chi connectivity index (χ1) is 29.6. The molecule has 2 heterocycles. The normalized spacial score (nSPS) is 24.1. The zero-order valence-electron chi connectivity index (χ0n) is 40.0. The number of halogens is 1. The Hall–Kier alpha value is -1.07. The molecule has 0 aliphatic carbocycles. The largest absolute Gasteiger partial charge is 0.465 e. The molecule has 2 saturated heterocycles. The summed E-state index contributed by atoms with van der Waals surface area (Å²) in [6.45, 7) is 9.75. The Bertz CT molecular complexity index is 1130. The van der Waals surface area contributed by atoms with Crippen LogP contribution in [0.4, 0.5) is 0 Å². The summed E-state index contributed by atoms with van der Waals surface area (Å²) in [5.74, 6) is -3.28. The number of alkyl halides is 1. The highest BCUT2D eigenvalue weighted by Gasteiger charge is 2.55. The molecule has 9 nitrogen and oxygen atoms in total. The van der Waals surface area contributed by atoms with E-state index in [2.05, 4.69) is 31.0 Å². The number of aliphatic hydroxyl groups is 1. The fourth-order valence-electron chi connectivity index (χ4n) is 9.46.